The van der Waals surface area contributed by atoms with Gasteiger partial charge in [-0.25, -0.2) is 4.79 Å². The van der Waals surface area contributed by atoms with Crippen molar-refractivity contribution in [1.29, 1.82) is 0 Å². The van der Waals surface area contributed by atoms with E-state index in [4.69, 9.17) is 9.15 Å². The topological polar surface area (TPSA) is 81.3 Å². The number of pyridine rings is 1. The first-order valence-electron chi connectivity index (χ1n) is 8.58. The third-order valence-corrected chi connectivity index (χ3v) is 4.33. The van der Waals surface area contributed by atoms with E-state index in [1.54, 1.807) is 23.4 Å². The highest BCUT2D eigenvalue weighted by Crippen LogP contribution is 2.27. The van der Waals surface area contributed by atoms with Gasteiger partial charge in [0.1, 0.15) is 5.75 Å². The number of hydrogen-bond donors (Lipinski definition) is 0. The van der Waals surface area contributed by atoms with E-state index in [1.165, 1.54) is 12.8 Å². The quantitative estimate of drug-likeness (QED) is 0.715. The predicted molar refractivity (Wildman–Crippen MR) is 94.4 cm³/mol. The Morgan fingerprint density at radius 3 is 2.69 bits per heavy atom. The van der Waals surface area contributed by atoms with Gasteiger partial charge in [0, 0.05) is 31.0 Å². The maximum Gasteiger partial charge on any atom is 0.415 e. The summed E-state index contributed by atoms with van der Waals surface area (Å²) in [5.41, 5.74) is 2.50. The van der Waals surface area contributed by atoms with Crippen molar-refractivity contribution in [3.63, 3.8) is 0 Å². The van der Waals surface area contributed by atoms with Crippen LogP contribution in [0.25, 0.3) is 22.6 Å². The minimum Gasteiger partial charge on any atom is -0.423 e. The van der Waals surface area contributed by atoms with Crippen LogP contribution in [0.2, 0.25) is 0 Å². The molecule has 1 amide bonds. The molecule has 3 aromatic rings. The van der Waals surface area contributed by atoms with Crippen molar-refractivity contribution in [2.24, 2.45) is 0 Å². The second kappa shape index (κ2) is 7.35. The Kier molecular flexibility index (Phi) is 4.59. The highest BCUT2D eigenvalue weighted by molar-refractivity contribution is 5.73. The summed E-state index contributed by atoms with van der Waals surface area (Å²) in [6.45, 7) is 1.52. The summed E-state index contributed by atoms with van der Waals surface area (Å²) in [7, 11) is 0. The lowest BCUT2D eigenvalue weighted by molar-refractivity contribution is 0.142. The number of hydrogen-bond acceptors (Lipinski definition) is 6. The van der Waals surface area contributed by atoms with Gasteiger partial charge in [0.2, 0.25) is 12.3 Å². The van der Waals surface area contributed by atoms with Crippen LogP contribution in [0.15, 0.2) is 53.5 Å². The molecule has 1 aliphatic heterocycles. The normalized spacial score (nSPS) is 14.2. The van der Waals surface area contributed by atoms with Crippen molar-refractivity contribution in [1.82, 2.24) is 20.1 Å². The molecule has 7 heteroatoms. The second-order valence-electron chi connectivity index (χ2n) is 6.15. The summed E-state index contributed by atoms with van der Waals surface area (Å²) >= 11 is 0. The fraction of sp³-hybridized carbons (Fsp3) is 0.263. The summed E-state index contributed by atoms with van der Waals surface area (Å²) in [6.07, 6.45) is 7.63. The van der Waals surface area contributed by atoms with Gasteiger partial charge in [-0.1, -0.05) is 12.1 Å². The fourth-order valence-corrected chi connectivity index (χ4v) is 2.99. The molecule has 0 N–H and O–H groups in total. The standard InChI is InChI=1S/C19H18N4O3/c24-19(23-7-2-1-3-8-23)26-17-6-4-5-14(10-17)15-9-16(12-20-11-15)18-22-21-13-25-18/h4-6,9-13H,1-3,7-8H2. The van der Waals surface area contributed by atoms with Crippen LogP contribution < -0.4 is 4.74 Å². The Morgan fingerprint density at radius 2 is 1.88 bits per heavy atom. The van der Waals surface area contributed by atoms with Crippen LogP contribution in [0, 0.1) is 0 Å². The molecule has 132 valence electrons. The molecule has 0 aliphatic carbocycles. The van der Waals surface area contributed by atoms with Crippen molar-refractivity contribution < 1.29 is 13.9 Å². The molecule has 4 rings (SSSR count). The number of ether oxygens (including phenoxy) is 1. The van der Waals surface area contributed by atoms with Gasteiger partial charge in [-0.3, -0.25) is 4.98 Å². The van der Waals surface area contributed by atoms with Gasteiger partial charge in [0.05, 0.1) is 5.56 Å². The van der Waals surface area contributed by atoms with Crippen LogP contribution in [-0.2, 0) is 0 Å². The Balaban J connectivity index is 1.54. The first kappa shape index (κ1) is 16.3. The number of carbonyl (C=O) groups excluding carboxylic acids is 1. The van der Waals surface area contributed by atoms with Gasteiger partial charge in [0.15, 0.2) is 0 Å². The molecule has 7 nitrogen and oxygen atoms in total. The van der Waals surface area contributed by atoms with Gasteiger partial charge in [0.25, 0.3) is 0 Å². The lowest BCUT2D eigenvalue weighted by Crippen LogP contribution is -2.37. The molecule has 2 aromatic heterocycles. The molecule has 3 heterocycles. The van der Waals surface area contributed by atoms with E-state index in [1.807, 2.05) is 24.3 Å². The van der Waals surface area contributed by atoms with Gasteiger partial charge in [-0.05, 0) is 43.0 Å². The van der Waals surface area contributed by atoms with Crippen molar-refractivity contribution in [2.45, 2.75) is 19.3 Å². The lowest BCUT2D eigenvalue weighted by Gasteiger charge is -2.25. The van der Waals surface area contributed by atoms with E-state index in [-0.39, 0.29) is 6.09 Å². The third-order valence-electron chi connectivity index (χ3n) is 4.33. The smallest absolute Gasteiger partial charge is 0.415 e. The SMILES string of the molecule is O=C(Oc1cccc(-c2cncc(-c3nnco3)c2)c1)N1CCCCC1. The number of benzene rings is 1. The number of likely N-dealkylation sites (tertiary alicyclic amines) is 1. The van der Waals surface area contributed by atoms with Crippen molar-refractivity contribution in [3.05, 3.63) is 49.1 Å². The molecule has 26 heavy (non-hydrogen) atoms. The van der Waals surface area contributed by atoms with Gasteiger partial charge < -0.3 is 14.1 Å². The van der Waals surface area contributed by atoms with Crippen LogP contribution in [-0.4, -0.2) is 39.3 Å². The molecule has 0 spiro atoms. The molecule has 0 radical (unpaired) electrons. The maximum atomic E-state index is 12.3. The largest absolute Gasteiger partial charge is 0.423 e. The molecule has 1 saturated heterocycles. The lowest BCUT2D eigenvalue weighted by atomic mass is 10.1. The Morgan fingerprint density at radius 1 is 1.04 bits per heavy atom. The van der Waals surface area contributed by atoms with Gasteiger partial charge in [-0.15, -0.1) is 10.2 Å². The molecule has 1 aliphatic rings. The number of carbonyl (C=O) groups is 1. The Hall–Kier alpha value is -3.22. The Labute approximate surface area is 150 Å². The van der Waals surface area contributed by atoms with Gasteiger partial charge in [-0.2, -0.15) is 0 Å². The monoisotopic (exact) mass is 350 g/mol. The Bertz CT molecular complexity index is 889. The minimum absolute atomic E-state index is 0.292. The minimum atomic E-state index is -0.292. The average Bonchev–Trinajstić information content (AvgIpc) is 3.24. The first-order valence-corrected chi connectivity index (χ1v) is 8.58. The molecule has 0 bridgehead atoms. The number of piperidine rings is 1. The average molecular weight is 350 g/mol. The van der Waals surface area contributed by atoms with E-state index in [0.29, 0.717) is 11.6 Å². The molecular formula is C19H18N4O3. The third kappa shape index (κ3) is 3.56. The van der Waals surface area contributed by atoms with E-state index in [2.05, 4.69) is 15.2 Å². The molecule has 0 unspecified atom stereocenters. The highest BCUT2D eigenvalue weighted by atomic mass is 16.6. The molecule has 0 saturated carbocycles. The van der Waals surface area contributed by atoms with E-state index < -0.39 is 0 Å². The molecule has 0 atom stereocenters. The summed E-state index contributed by atoms with van der Waals surface area (Å²) in [6, 6.07) is 9.31. The fourth-order valence-electron chi connectivity index (χ4n) is 2.99. The summed E-state index contributed by atoms with van der Waals surface area (Å²) in [5.74, 6) is 0.924. The summed E-state index contributed by atoms with van der Waals surface area (Å²) in [4.78, 5) is 18.3. The highest BCUT2D eigenvalue weighted by Gasteiger charge is 2.18. The zero-order chi connectivity index (χ0) is 17.8. The first-order chi connectivity index (χ1) is 12.8. The van der Waals surface area contributed by atoms with Crippen molar-refractivity contribution in [2.75, 3.05) is 13.1 Å². The molecular weight excluding hydrogens is 332 g/mol. The summed E-state index contributed by atoms with van der Waals surface area (Å²) < 4.78 is 10.8. The van der Waals surface area contributed by atoms with Crippen LogP contribution in [0.1, 0.15) is 19.3 Å². The van der Waals surface area contributed by atoms with E-state index in [0.717, 1.165) is 42.6 Å². The van der Waals surface area contributed by atoms with Gasteiger partial charge >= 0.3 is 6.09 Å². The zero-order valence-corrected chi connectivity index (χ0v) is 14.2. The summed E-state index contributed by atoms with van der Waals surface area (Å²) in [5, 5.41) is 7.58. The van der Waals surface area contributed by atoms with Crippen LogP contribution >= 0.6 is 0 Å². The number of aromatic nitrogens is 3. The van der Waals surface area contributed by atoms with Crippen LogP contribution in [0.5, 0.6) is 5.75 Å². The van der Waals surface area contributed by atoms with Crippen molar-refractivity contribution in [3.8, 4) is 28.3 Å². The molecule has 1 fully saturated rings. The van der Waals surface area contributed by atoms with Crippen molar-refractivity contribution >= 4 is 6.09 Å². The second-order valence-corrected chi connectivity index (χ2v) is 6.15. The maximum absolute atomic E-state index is 12.3. The van der Waals surface area contributed by atoms with Crippen LogP contribution in [0.3, 0.4) is 0 Å². The number of amides is 1. The molecule has 1 aromatic carbocycles. The number of nitrogens with zero attached hydrogens (tertiary/aromatic N) is 4. The van der Waals surface area contributed by atoms with Crippen LogP contribution in [0.4, 0.5) is 4.79 Å². The van der Waals surface area contributed by atoms with E-state index in [9.17, 15) is 4.79 Å². The predicted octanol–water partition coefficient (Wildman–Crippen LogP) is 3.78. The zero-order valence-electron chi connectivity index (χ0n) is 14.2. The number of rotatable bonds is 3. The van der Waals surface area contributed by atoms with E-state index >= 15 is 0 Å².